The molecule has 0 bridgehead atoms. The monoisotopic (exact) mass is 298 g/mol. The van der Waals surface area contributed by atoms with Crippen molar-refractivity contribution in [1.82, 2.24) is 10.2 Å². The van der Waals surface area contributed by atoms with Gasteiger partial charge in [0.05, 0.1) is 6.26 Å². The van der Waals surface area contributed by atoms with E-state index in [1.54, 1.807) is 12.1 Å². The topological polar surface area (TPSA) is 45.5 Å². The smallest absolute Gasteiger partial charge is 0.287 e. The molecule has 2 aromatic rings. The van der Waals surface area contributed by atoms with E-state index in [-0.39, 0.29) is 11.4 Å². The molecule has 0 spiro atoms. The number of amides is 1. The van der Waals surface area contributed by atoms with Gasteiger partial charge in [-0.3, -0.25) is 9.69 Å². The third-order valence-corrected chi connectivity index (χ3v) is 4.41. The maximum absolute atomic E-state index is 12.0. The fraction of sp³-hybridized carbons (Fsp3) is 0.389. The van der Waals surface area contributed by atoms with E-state index in [4.69, 9.17) is 4.42 Å². The highest BCUT2D eigenvalue weighted by atomic mass is 16.3. The highest BCUT2D eigenvalue weighted by Gasteiger charge is 2.30. The summed E-state index contributed by atoms with van der Waals surface area (Å²) in [6, 6.07) is 12.0. The summed E-state index contributed by atoms with van der Waals surface area (Å²) in [6.45, 7) is 6.88. The molecular weight excluding hydrogens is 276 g/mol. The van der Waals surface area contributed by atoms with E-state index in [0.29, 0.717) is 12.3 Å². The quantitative estimate of drug-likeness (QED) is 0.944. The summed E-state index contributed by atoms with van der Waals surface area (Å²) in [7, 11) is 0. The summed E-state index contributed by atoms with van der Waals surface area (Å²) in [6.07, 6.45) is 2.58. The number of benzene rings is 1. The molecule has 0 radical (unpaired) electrons. The van der Waals surface area contributed by atoms with Crippen molar-refractivity contribution < 1.29 is 9.21 Å². The van der Waals surface area contributed by atoms with Crippen molar-refractivity contribution in [2.45, 2.75) is 32.4 Å². The van der Waals surface area contributed by atoms with Gasteiger partial charge in [0.15, 0.2) is 5.76 Å². The summed E-state index contributed by atoms with van der Waals surface area (Å²) in [5.74, 6) is 0.204. The fourth-order valence-corrected chi connectivity index (χ4v) is 2.92. The Balaban J connectivity index is 1.62. The number of hydrogen-bond acceptors (Lipinski definition) is 3. The van der Waals surface area contributed by atoms with Crippen LogP contribution in [0.15, 0.2) is 47.1 Å². The predicted octanol–water partition coefficient (Wildman–Crippen LogP) is 2.85. The highest BCUT2D eigenvalue weighted by Crippen LogP contribution is 2.24. The standard InChI is InChI=1S/C18H22N2O2/c1-18(2,13-19-17(21)16-8-5-11-22-16)20-10-9-14-6-3-4-7-15(14)12-20/h3-8,11H,9-10,12-13H2,1-2H3,(H,19,21). The van der Waals surface area contributed by atoms with Crippen LogP contribution in [-0.4, -0.2) is 29.4 Å². The minimum Gasteiger partial charge on any atom is -0.459 e. The SMILES string of the molecule is CC(C)(CNC(=O)c1ccco1)N1CCc2ccccc2C1. The number of nitrogens with zero attached hydrogens (tertiary/aromatic N) is 1. The van der Waals surface area contributed by atoms with Gasteiger partial charge in [-0.2, -0.15) is 0 Å². The van der Waals surface area contributed by atoms with E-state index >= 15 is 0 Å². The molecule has 2 heterocycles. The lowest BCUT2D eigenvalue weighted by Crippen LogP contribution is -2.53. The number of hydrogen-bond donors (Lipinski definition) is 1. The number of furan rings is 1. The fourth-order valence-electron chi connectivity index (χ4n) is 2.92. The molecule has 0 aliphatic carbocycles. The molecule has 1 N–H and O–H groups in total. The summed E-state index contributed by atoms with van der Waals surface area (Å²) < 4.78 is 5.13. The second-order valence-corrected chi connectivity index (χ2v) is 6.41. The first-order valence-corrected chi connectivity index (χ1v) is 7.70. The molecular formula is C18H22N2O2. The number of carbonyl (C=O) groups excluding carboxylic acids is 1. The zero-order valence-corrected chi connectivity index (χ0v) is 13.1. The van der Waals surface area contributed by atoms with Gasteiger partial charge < -0.3 is 9.73 Å². The van der Waals surface area contributed by atoms with E-state index in [1.807, 2.05) is 0 Å². The van der Waals surface area contributed by atoms with Crippen LogP contribution in [0.3, 0.4) is 0 Å². The van der Waals surface area contributed by atoms with E-state index in [0.717, 1.165) is 19.5 Å². The first-order valence-electron chi connectivity index (χ1n) is 7.70. The van der Waals surface area contributed by atoms with Crippen molar-refractivity contribution in [3.05, 3.63) is 59.5 Å². The highest BCUT2D eigenvalue weighted by molar-refractivity contribution is 5.91. The molecule has 1 amide bonds. The molecule has 1 aliphatic heterocycles. The minimum absolute atomic E-state index is 0.101. The van der Waals surface area contributed by atoms with Crippen molar-refractivity contribution in [2.24, 2.45) is 0 Å². The average molecular weight is 298 g/mol. The van der Waals surface area contributed by atoms with Crippen LogP contribution in [0, 0.1) is 0 Å². The molecule has 4 heteroatoms. The number of nitrogens with one attached hydrogen (secondary N) is 1. The molecule has 116 valence electrons. The molecule has 0 saturated carbocycles. The number of rotatable bonds is 4. The Kier molecular flexibility index (Phi) is 4.03. The van der Waals surface area contributed by atoms with E-state index < -0.39 is 0 Å². The van der Waals surface area contributed by atoms with Crippen molar-refractivity contribution in [2.75, 3.05) is 13.1 Å². The number of fused-ring (bicyclic) bond motifs is 1. The van der Waals surface area contributed by atoms with Gasteiger partial charge in [0.1, 0.15) is 0 Å². The molecule has 0 fully saturated rings. The van der Waals surface area contributed by atoms with Crippen LogP contribution in [0.2, 0.25) is 0 Å². The molecule has 1 aliphatic rings. The zero-order chi connectivity index (χ0) is 15.6. The molecule has 3 rings (SSSR count). The lowest BCUT2D eigenvalue weighted by atomic mass is 9.94. The van der Waals surface area contributed by atoms with Crippen LogP contribution in [0.4, 0.5) is 0 Å². The van der Waals surface area contributed by atoms with Crippen molar-refractivity contribution in [1.29, 1.82) is 0 Å². The lowest BCUT2D eigenvalue weighted by molar-refractivity contribution is 0.0805. The van der Waals surface area contributed by atoms with Crippen LogP contribution < -0.4 is 5.32 Å². The normalized spacial score (nSPS) is 15.4. The zero-order valence-electron chi connectivity index (χ0n) is 13.1. The van der Waals surface area contributed by atoms with Gasteiger partial charge in [0.25, 0.3) is 5.91 Å². The van der Waals surface area contributed by atoms with E-state index in [9.17, 15) is 4.79 Å². The second kappa shape index (κ2) is 5.97. The molecule has 0 atom stereocenters. The Morgan fingerprint density at radius 3 is 2.73 bits per heavy atom. The Morgan fingerprint density at radius 1 is 1.23 bits per heavy atom. The molecule has 4 nitrogen and oxygen atoms in total. The Hall–Kier alpha value is -2.07. The van der Waals surface area contributed by atoms with Crippen LogP contribution in [0.1, 0.15) is 35.5 Å². The summed E-state index contributed by atoms with van der Waals surface area (Å²) in [4.78, 5) is 14.4. The van der Waals surface area contributed by atoms with E-state index in [2.05, 4.69) is 48.3 Å². The van der Waals surface area contributed by atoms with Crippen LogP contribution in [0.5, 0.6) is 0 Å². The first kappa shape index (κ1) is 14.9. The van der Waals surface area contributed by atoms with Crippen molar-refractivity contribution in [3.8, 4) is 0 Å². The summed E-state index contributed by atoms with van der Waals surface area (Å²) in [5.41, 5.74) is 2.73. The van der Waals surface area contributed by atoms with E-state index in [1.165, 1.54) is 17.4 Å². The predicted molar refractivity (Wildman–Crippen MR) is 85.7 cm³/mol. The Bertz CT molecular complexity index is 647. The van der Waals surface area contributed by atoms with Gasteiger partial charge in [-0.05, 0) is 43.5 Å². The van der Waals surface area contributed by atoms with Gasteiger partial charge >= 0.3 is 0 Å². The summed E-state index contributed by atoms with van der Waals surface area (Å²) >= 11 is 0. The average Bonchev–Trinajstić information content (AvgIpc) is 3.07. The first-order chi connectivity index (χ1) is 10.6. The van der Waals surface area contributed by atoms with Crippen molar-refractivity contribution >= 4 is 5.91 Å². The molecule has 1 aromatic heterocycles. The van der Waals surface area contributed by atoms with Crippen LogP contribution in [0.25, 0.3) is 0 Å². The van der Waals surface area contributed by atoms with Gasteiger partial charge in [0.2, 0.25) is 0 Å². The maximum atomic E-state index is 12.0. The molecule has 1 aromatic carbocycles. The molecule has 0 saturated heterocycles. The largest absolute Gasteiger partial charge is 0.459 e. The number of carbonyl (C=O) groups is 1. The Morgan fingerprint density at radius 2 is 2.00 bits per heavy atom. The van der Waals surface area contributed by atoms with Gasteiger partial charge in [-0.1, -0.05) is 24.3 Å². The van der Waals surface area contributed by atoms with Crippen molar-refractivity contribution in [3.63, 3.8) is 0 Å². The lowest BCUT2D eigenvalue weighted by Gasteiger charge is -2.41. The molecule has 0 unspecified atom stereocenters. The van der Waals surface area contributed by atoms with Crippen LogP contribution >= 0.6 is 0 Å². The molecule has 22 heavy (non-hydrogen) atoms. The second-order valence-electron chi connectivity index (χ2n) is 6.41. The minimum atomic E-state index is -0.157. The Labute approximate surface area is 131 Å². The summed E-state index contributed by atoms with van der Waals surface area (Å²) in [5, 5.41) is 2.97. The van der Waals surface area contributed by atoms with Gasteiger partial charge in [0, 0.05) is 25.2 Å². The maximum Gasteiger partial charge on any atom is 0.287 e. The third kappa shape index (κ3) is 3.07. The third-order valence-electron chi connectivity index (χ3n) is 4.41. The van der Waals surface area contributed by atoms with Gasteiger partial charge in [-0.15, -0.1) is 0 Å². The van der Waals surface area contributed by atoms with Crippen LogP contribution in [-0.2, 0) is 13.0 Å². The van der Waals surface area contributed by atoms with Gasteiger partial charge in [-0.25, -0.2) is 0 Å².